The standard InChI is InChI=1S/C11H14N2O4S/c14-11(15)9-5-1-2-6-10(9)12-18(16,17)13-7-3-4-8-13/h1-2,5-6,12H,3-4,7-8H2,(H,14,15). The van der Waals surface area contributed by atoms with Crippen molar-refractivity contribution < 1.29 is 18.3 Å². The van der Waals surface area contributed by atoms with Crippen LogP contribution >= 0.6 is 0 Å². The predicted molar refractivity (Wildman–Crippen MR) is 66.8 cm³/mol. The minimum Gasteiger partial charge on any atom is -0.478 e. The van der Waals surface area contributed by atoms with Crippen LogP contribution in [0.4, 0.5) is 5.69 Å². The highest BCUT2D eigenvalue weighted by Crippen LogP contribution is 2.20. The first-order valence-electron chi connectivity index (χ1n) is 5.61. The van der Waals surface area contributed by atoms with Crippen molar-refractivity contribution in [3.8, 4) is 0 Å². The number of hydrogen-bond donors (Lipinski definition) is 2. The van der Waals surface area contributed by atoms with Crippen molar-refractivity contribution in [1.82, 2.24) is 4.31 Å². The molecule has 7 heteroatoms. The summed E-state index contributed by atoms with van der Waals surface area (Å²) in [5.74, 6) is -1.16. The fourth-order valence-electron chi connectivity index (χ4n) is 1.89. The van der Waals surface area contributed by atoms with Crippen LogP contribution in [0, 0.1) is 0 Å². The molecule has 0 saturated carbocycles. The summed E-state index contributed by atoms with van der Waals surface area (Å²) in [5.41, 5.74) is 0.0390. The first-order chi connectivity index (χ1) is 8.50. The van der Waals surface area contributed by atoms with E-state index in [0.29, 0.717) is 13.1 Å². The zero-order chi connectivity index (χ0) is 13.2. The molecule has 6 nitrogen and oxygen atoms in total. The molecule has 2 N–H and O–H groups in total. The first-order valence-corrected chi connectivity index (χ1v) is 7.05. The van der Waals surface area contributed by atoms with Crippen LogP contribution in [0.3, 0.4) is 0 Å². The van der Waals surface area contributed by atoms with Gasteiger partial charge in [0, 0.05) is 13.1 Å². The zero-order valence-electron chi connectivity index (χ0n) is 9.67. The number of para-hydroxylation sites is 1. The second kappa shape index (κ2) is 4.95. The number of carbonyl (C=O) groups is 1. The highest BCUT2D eigenvalue weighted by molar-refractivity contribution is 7.90. The second-order valence-electron chi connectivity index (χ2n) is 4.06. The van der Waals surface area contributed by atoms with Crippen LogP contribution in [-0.4, -0.2) is 36.9 Å². The van der Waals surface area contributed by atoms with Crippen LogP contribution in [0.25, 0.3) is 0 Å². The van der Waals surface area contributed by atoms with Crippen molar-refractivity contribution in [2.75, 3.05) is 17.8 Å². The Balaban J connectivity index is 2.26. The largest absolute Gasteiger partial charge is 0.478 e. The van der Waals surface area contributed by atoms with Crippen molar-refractivity contribution in [3.05, 3.63) is 29.8 Å². The third kappa shape index (κ3) is 2.62. The summed E-state index contributed by atoms with van der Waals surface area (Å²) < 4.78 is 27.7. The van der Waals surface area contributed by atoms with Gasteiger partial charge in [-0.15, -0.1) is 0 Å². The van der Waals surface area contributed by atoms with Gasteiger partial charge >= 0.3 is 16.2 Å². The van der Waals surface area contributed by atoms with Gasteiger partial charge in [0.05, 0.1) is 11.3 Å². The minimum absolute atomic E-state index is 0.0553. The monoisotopic (exact) mass is 270 g/mol. The third-order valence-electron chi connectivity index (χ3n) is 2.80. The summed E-state index contributed by atoms with van der Waals surface area (Å²) in [6.07, 6.45) is 1.67. The number of hydrogen-bond acceptors (Lipinski definition) is 3. The number of rotatable bonds is 4. The van der Waals surface area contributed by atoms with Gasteiger partial charge < -0.3 is 5.11 Å². The van der Waals surface area contributed by atoms with Crippen LogP contribution < -0.4 is 4.72 Å². The summed E-state index contributed by atoms with van der Waals surface area (Å²) in [6.45, 7) is 0.954. The summed E-state index contributed by atoms with van der Waals surface area (Å²) in [4.78, 5) is 11.0. The topological polar surface area (TPSA) is 86.7 Å². The number of anilines is 1. The molecule has 1 fully saturated rings. The molecule has 0 bridgehead atoms. The van der Waals surface area contributed by atoms with Gasteiger partial charge in [-0.3, -0.25) is 4.72 Å². The van der Waals surface area contributed by atoms with Gasteiger partial charge in [-0.1, -0.05) is 12.1 Å². The number of carboxylic acids is 1. The molecule has 1 saturated heterocycles. The highest BCUT2D eigenvalue weighted by atomic mass is 32.2. The lowest BCUT2D eigenvalue weighted by Crippen LogP contribution is -2.33. The molecule has 0 atom stereocenters. The van der Waals surface area contributed by atoms with Crippen LogP contribution in [-0.2, 0) is 10.2 Å². The van der Waals surface area contributed by atoms with E-state index in [9.17, 15) is 13.2 Å². The maximum absolute atomic E-state index is 12.0. The average Bonchev–Trinajstić information content (AvgIpc) is 2.83. The number of nitrogens with zero attached hydrogens (tertiary/aromatic N) is 1. The molecule has 0 radical (unpaired) electrons. The van der Waals surface area contributed by atoms with Gasteiger partial charge in [-0.25, -0.2) is 4.79 Å². The van der Waals surface area contributed by atoms with E-state index in [0.717, 1.165) is 12.8 Å². The van der Waals surface area contributed by atoms with Gasteiger partial charge in [0.15, 0.2) is 0 Å². The van der Waals surface area contributed by atoms with Crippen molar-refractivity contribution >= 4 is 21.9 Å². The van der Waals surface area contributed by atoms with E-state index in [-0.39, 0.29) is 11.3 Å². The number of benzene rings is 1. The Morgan fingerprint density at radius 1 is 1.22 bits per heavy atom. The molecule has 2 rings (SSSR count). The molecular formula is C11H14N2O4S. The SMILES string of the molecule is O=C(O)c1ccccc1NS(=O)(=O)N1CCCC1. The van der Waals surface area contributed by atoms with Gasteiger partial charge in [0.1, 0.15) is 0 Å². The lowest BCUT2D eigenvalue weighted by molar-refractivity contribution is 0.0698. The van der Waals surface area contributed by atoms with Crippen LogP contribution in [0.2, 0.25) is 0 Å². The second-order valence-corrected chi connectivity index (χ2v) is 5.73. The minimum atomic E-state index is -3.65. The van der Waals surface area contributed by atoms with Crippen LogP contribution in [0.1, 0.15) is 23.2 Å². The molecule has 0 aliphatic carbocycles. The first kappa shape index (κ1) is 12.8. The molecule has 0 spiro atoms. The Bertz CT molecular complexity index is 550. The number of carboxylic acid groups (broad SMARTS) is 1. The highest BCUT2D eigenvalue weighted by Gasteiger charge is 2.26. The van der Waals surface area contributed by atoms with Crippen molar-refractivity contribution in [2.24, 2.45) is 0 Å². The van der Waals surface area contributed by atoms with Gasteiger partial charge in [0.25, 0.3) is 0 Å². The summed E-state index contributed by atoms with van der Waals surface area (Å²) in [6, 6.07) is 5.95. The Labute approximate surface area is 105 Å². The fraction of sp³-hybridized carbons (Fsp3) is 0.364. The summed E-state index contributed by atoms with van der Waals surface area (Å²) >= 11 is 0. The van der Waals surface area contributed by atoms with Gasteiger partial charge in [-0.05, 0) is 25.0 Å². The molecule has 0 unspecified atom stereocenters. The van der Waals surface area contributed by atoms with Crippen molar-refractivity contribution in [3.63, 3.8) is 0 Å². The van der Waals surface area contributed by atoms with Gasteiger partial charge in [0.2, 0.25) is 0 Å². The van der Waals surface area contributed by atoms with Crippen molar-refractivity contribution in [1.29, 1.82) is 0 Å². The molecule has 1 aromatic carbocycles. The maximum Gasteiger partial charge on any atom is 0.337 e. The molecule has 18 heavy (non-hydrogen) atoms. The third-order valence-corrected chi connectivity index (χ3v) is 4.32. The Morgan fingerprint density at radius 2 is 1.83 bits per heavy atom. The molecule has 1 aromatic rings. The molecule has 1 heterocycles. The van der Waals surface area contributed by atoms with E-state index in [2.05, 4.69) is 4.72 Å². The van der Waals surface area contributed by atoms with E-state index in [1.54, 1.807) is 12.1 Å². The molecule has 1 aliphatic rings. The van der Waals surface area contributed by atoms with Crippen LogP contribution in [0.15, 0.2) is 24.3 Å². The fourth-order valence-corrected chi connectivity index (χ4v) is 3.21. The Hall–Kier alpha value is -1.60. The zero-order valence-corrected chi connectivity index (χ0v) is 10.5. The van der Waals surface area contributed by atoms with E-state index in [4.69, 9.17) is 5.11 Å². The lowest BCUT2D eigenvalue weighted by atomic mass is 10.2. The maximum atomic E-state index is 12.0. The smallest absolute Gasteiger partial charge is 0.337 e. The van der Waals surface area contributed by atoms with Crippen molar-refractivity contribution in [2.45, 2.75) is 12.8 Å². The van der Waals surface area contributed by atoms with Gasteiger partial charge in [-0.2, -0.15) is 12.7 Å². The molecule has 1 aliphatic heterocycles. The predicted octanol–water partition coefficient (Wildman–Crippen LogP) is 1.14. The van der Waals surface area contributed by atoms with E-state index in [1.165, 1.54) is 16.4 Å². The number of nitrogens with one attached hydrogen (secondary N) is 1. The normalized spacial score (nSPS) is 16.7. The quantitative estimate of drug-likeness (QED) is 0.858. The summed E-state index contributed by atoms with van der Waals surface area (Å²) in [7, 11) is -3.65. The molecular weight excluding hydrogens is 256 g/mol. The van der Waals surface area contributed by atoms with E-state index >= 15 is 0 Å². The van der Waals surface area contributed by atoms with Crippen LogP contribution in [0.5, 0.6) is 0 Å². The summed E-state index contributed by atoms with van der Waals surface area (Å²) in [5, 5.41) is 8.98. The molecule has 0 amide bonds. The molecule has 98 valence electrons. The number of aromatic carboxylic acids is 1. The van der Waals surface area contributed by atoms with E-state index < -0.39 is 16.2 Å². The Morgan fingerprint density at radius 3 is 2.44 bits per heavy atom. The Kier molecular flexibility index (Phi) is 3.53. The molecule has 0 aromatic heterocycles. The van der Waals surface area contributed by atoms with E-state index in [1.807, 2.05) is 0 Å². The average molecular weight is 270 g/mol. The lowest BCUT2D eigenvalue weighted by Gasteiger charge is -2.17.